The lowest BCUT2D eigenvalue weighted by Crippen LogP contribution is -2.58. The van der Waals surface area contributed by atoms with Crippen molar-refractivity contribution in [1.29, 1.82) is 0 Å². The molecular formula is C14H33PSi. The zero-order chi connectivity index (χ0) is 13.4. The maximum Gasteiger partial charge on any atom is 0.0700 e. The van der Waals surface area contributed by atoms with E-state index in [1.165, 1.54) is 12.2 Å². The van der Waals surface area contributed by atoms with Gasteiger partial charge in [-0.25, -0.2) is 0 Å². The van der Waals surface area contributed by atoms with Crippen molar-refractivity contribution >= 4 is 17.3 Å². The van der Waals surface area contributed by atoms with Gasteiger partial charge in [0.15, 0.2) is 0 Å². The van der Waals surface area contributed by atoms with Crippen molar-refractivity contribution in [3.8, 4) is 0 Å². The Kier molecular flexibility index (Phi) is 4.92. The van der Waals surface area contributed by atoms with Gasteiger partial charge in [-0.15, -0.1) is 9.24 Å². The summed E-state index contributed by atoms with van der Waals surface area (Å²) in [5.41, 5.74) is 0. The molecule has 0 aliphatic heterocycles. The van der Waals surface area contributed by atoms with Crippen LogP contribution in [0.3, 0.4) is 0 Å². The molecule has 1 unspecified atom stereocenters. The second kappa shape index (κ2) is 4.73. The molecule has 0 aromatic rings. The predicted molar refractivity (Wildman–Crippen MR) is 84.3 cm³/mol. The molecule has 16 heavy (non-hydrogen) atoms. The third-order valence-electron chi connectivity index (χ3n) is 4.36. The number of hydrogen-bond donors (Lipinski definition) is 0. The van der Waals surface area contributed by atoms with E-state index in [2.05, 4.69) is 71.6 Å². The quantitative estimate of drug-likeness (QED) is 0.440. The summed E-state index contributed by atoms with van der Waals surface area (Å²) >= 11 is 0. The van der Waals surface area contributed by atoms with Crippen LogP contribution in [0.5, 0.6) is 0 Å². The second-order valence-corrected chi connectivity index (χ2v) is 15.6. The van der Waals surface area contributed by atoms with Gasteiger partial charge in [-0.2, -0.15) is 0 Å². The highest BCUT2D eigenvalue weighted by molar-refractivity contribution is 7.17. The van der Waals surface area contributed by atoms with Gasteiger partial charge < -0.3 is 0 Å². The van der Waals surface area contributed by atoms with Crippen LogP contribution in [0.4, 0.5) is 0 Å². The molecule has 0 N–H and O–H groups in total. The van der Waals surface area contributed by atoms with Gasteiger partial charge in [0, 0.05) is 0 Å². The summed E-state index contributed by atoms with van der Waals surface area (Å²) in [5, 5.41) is 1.38. The molecule has 0 rings (SSSR count). The Bertz CT molecular complexity index is 189. The van der Waals surface area contributed by atoms with Crippen LogP contribution < -0.4 is 0 Å². The average Bonchev–Trinajstić information content (AvgIpc) is 1.91. The first kappa shape index (κ1) is 16.6. The summed E-state index contributed by atoms with van der Waals surface area (Å²) in [6.45, 7) is 22.2. The lowest BCUT2D eigenvalue weighted by atomic mass is 10.2. The highest BCUT2D eigenvalue weighted by Gasteiger charge is 2.58. The van der Waals surface area contributed by atoms with Crippen LogP contribution in [-0.2, 0) is 0 Å². The summed E-state index contributed by atoms with van der Waals surface area (Å²) in [6, 6.07) is 1.41. The van der Waals surface area contributed by atoms with E-state index in [0.29, 0.717) is 15.1 Å². The highest BCUT2D eigenvalue weighted by atomic mass is 31.0. The lowest BCUT2D eigenvalue weighted by Gasteiger charge is -2.60. The molecule has 0 saturated carbocycles. The van der Waals surface area contributed by atoms with Crippen molar-refractivity contribution < 1.29 is 0 Å². The van der Waals surface area contributed by atoms with Crippen molar-refractivity contribution in [1.82, 2.24) is 0 Å². The zero-order valence-electron chi connectivity index (χ0n) is 13.0. The molecule has 0 spiro atoms. The van der Waals surface area contributed by atoms with Gasteiger partial charge in [0.2, 0.25) is 0 Å². The zero-order valence-corrected chi connectivity index (χ0v) is 15.1. The van der Waals surface area contributed by atoms with Crippen molar-refractivity contribution in [2.24, 2.45) is 0 Å². The van der Waals surface area contributed by atoms with Gasteiger partial charge in [-0.1, -0.05) is 68.4 Å². The molecule has 0 amide bonds. The van der Waals surface area contributed by atoms with Gasteiger partial charge in [0.05, 0.1) is 8.07 Å². The van der Waals surface area contributed by atoms with Gasteiger partial charge >= 0.3 is 0 Å². The molecule has 0 aliphatic carbocycles. The van der Waals surface area contributed by atoms with Gasteiger partial charge in [0.1, 0.15) is 0 Å². The standard InChI is InChI=1S/C14H33PSi/c1-12(2,3)16(11-10-15,13(4,5)6)14(7,8)9/h10-11,15H2,1-9H3. The summed E-state index contributed by atoms with van der Waals surface area (Å²) in [7, 11) is 1.53. The third-order valence-corrected chi connectivity index (χ3v) is 13.9. The van der Waals surface area contributed by atoms with Crippen LogP contribution in [0.2, 0.25) is 21.2 Å². The average molecular weight is 260 g/mol. The maximum absolute atomic E-state index is 2.95. The first-order valence-corrected chi connectivity index (χ1v) is 9.54. The summed E-state index contributed by atoms with van der Waals surface area (Å²) in [4.78, 5) is 0. The monoisotopic (exact) mass is 260 g/mol. The van der Waals surface area contributed by atoms with E-state index in [1.807, 2.05) is 0 Å². The Morgan fingerprint density at radius 1 is 0.688 bits per heavy atom. The Hall–Kier alpha value is 0.647. The van der Waals surface area contributed by atoms with E-state index in [-0.39, 0.29) is 0 Å². The molecule has 0 aliphatic rings. The number of rotatable bonds is 2. The fraction of sp³-hybridized carbons (Fsp3) is 1.00. The molecule has 0 aromatic carbocycles. The van der Waals surface area contributed by atoms with Crippen molar-refractivity contribution in [2.75, 3.05) is 6.16 Å². The molecule has 0 fully saturated rings. The van der Waals surface area contributed by atoms with E-state index >= 15 is 0 Å². The minimum absolute atomic E-state index is 0.458. The summed E-state index contributed by atoms with van der Waals surface area (Å²) in [6.07, 6.45) is 1.25. The van der Waals surface area contributed by atoms with Crippen LogP contribution in [0.25, 0.3) is 0 Å². The maximum atomic E-state index is 2.95. The number of hydrogen-bond acceptors (Lipinski definition) is 0. The Labute approximate surface area is 107 Å². The molecule has 0 saturated heterocycles. The van der Waals surface area contributed by atoms with Gasteiger partial charge in [-0.05, 0) is 21.3 Å². The van der Waals surface area contributed by atoms with E-state index < -0.39 is 8.07 Å². The second-order valence-electron chi connectivity index (χ2n) is 8.19. The fourth-order valence-corrected chi connectivity index (χ4v) is 15.4. The van der Waals surface area contributed by atoms with Crippen LogP contribution in [0.15, 0.2) is 0 Å². The van der Waals surface area contributed by atoms with Crippen molar-refractivity contribution in [3.05, 3.63) is 0 Å². The SMILES string of the molecule is CC(C)(C)[Si](CCP)(C(C)(C)C)C(C)(C)C. The molecule has 0 bridgehead atoms. The predicted octanol–water partition coefficient (Wildman–Crippen LogP) is 5.71. The Morgan fingerprint density at radius 2 is 0.938 bits per heavy atom. The van der Waals surface area contributed by atoms with Crippen molar-refractivity contribution in [2.45, 2.75) is 83.5 Å². The molecule has 1 atom stereocenters. The highest BCUT2D eigenvalue weighted by Crippen LogP contribution is 2.63. The van der Waals surface area contributed by atoms with Crippen LogP contribution in [0.1, 0.15) is 62.3 Å². The molecule has 98 valence electrons. The van der Waals surface area contributed by atoms with E-state index in [0.717, 1.165) is 0 Å². The largest absolute Gasteiger partial charge is 0.138 e. The van der Waals surface area contributed by atoms with Crippen LogP contribution in [-0.4, -0.2) is 14.2 Å². The first-order valence-electron chi connectivity index (χ1n) is 6.51. The van der Waals surface area contributed by atoms with Gasteiger partial charge in [0.25, 0.3) is 0 Å². The smallest absolute Gasteiger partial charge is 0.0700 e. The fourth-order valence-electron chi connectivity index (χ4n) is 4.72. The Balaban J connectivity index is 5.82. The summed E-state index contributed by atoms with van der Waals surface area (Å²) < 4.78 is 0. The molecule has 2 heteroatoms. The first-order chi connectivity index (χ1) is 6.81. The molecule has 0 aromatic heterocycles. The third kappa shape index (κ3) is 2.72. The minimum Gasteiger partial charge on any atom is -0.138 e. The van der Waals surface area contributed by atoms with Crippen molar-refractivity contribution in [3.63, 3.8) is 0 Å². The normalized spacial score (nSPS) is 15.4. The lowest BCUT2D eigenvalue weighted by molar-refractivity contribution is 0.529. The molecule has 0 nitrogen and oxygen atoms in total. The Morgan fingerprint density at radius 3 is 1.00 bits per heavy atom. The topological polar surface area (TPSA) is 0 Å². The minimum atomic E-state index is -1.42. The van der Waals surface area contributed by atoms with E-state index in [4.69, 9.17) is 0 Å². The van der Waals surface area contributed by atoms with E-state index in [9.17, 15) is 0 Å². The molecule has 0 heterocycles. The van der Waals surface area contributed by atoms with E-state index in [1.54, 1.807) is 0 Å². The molecular weight excluding hydrogens is 227 g/mol. The van der Waals surface area contributed by atoms with Gasteiger partial charge in [-0.3, -0.25) is 0 Å². The summed E-state index contributed by atoms with van der Waals surface area (Å²) in [5.74, 6) is 0. The van der Waals surface area contributed by atoms with Crippen LogP contribution >= 0.6 is 9.24 Å². The molecule has 0 radical (unpaired) electrons. The van der Waals surface area contributed by atoms with Crippen LogP contribution in [0, 0.1) is 0 Å².